The predicted octanol–water partition coefficient (Wildman–Crippen LogP) is 8.78. The lowest BCUT2D eigenvalue weighted by Gasteiger charge is -2.09. The van der Waals surface area contributed by atoms with Gasteiger partial charge in [0.15, 0.2) is 0 Å². The Morgan fingerprint density at radius 1 is 1.08 bits per heavy atom. The lowest BCUT2D eigenvalue weighted by atomic mass is 10.1. The first-order chi connectivity index (χ1) is 17.4. The Bertz CT molecular complexity index is 1020. The highest BCUT2D eigenvalue weighted by atomic mass is 32.1. The zero-order chi connectivity index (χ0) is 27.2. The fourth-order valence-corrected chi connectivity index (χ4v) is 3.94. The van der Waals surface area contributed by atoms with Crippen molar-refractivity contribution in [1.82, 2.24) is 9.55 Å². The molecule has 0 saturated heterocycles. The molecule has 4 nitrogen and oxygen atoms in total. The largest absolute Gasteiger partial charge is 0.381 e. The second kappa shape index (κ2) is 21.8. The van der Waals surface area contributed by atoms with Gasteiger partial charge in [-0.15, -0.1) is 17.9 Å². The van der Waals surface area contributed by atoms with Crippen molar-refractivity contribution >= 4 is 21.6 Å². The molecule has 0 N–H and O–H groups in total. The molecule has 5 heteroatoms. The van der Waals surface area contributed by atoms with Crippen LogP contribution in [0.4, 0.5) is 0 Å². The monoisotopic (exact) mass is 512 g/mol. The summed E-state index contributed by atoms with van der Waals surface area (Å²) in [5.74, 6) is 0.808. The van der Waals surface area contributed by atoms with Gasteiger partial charge in [0.25, 0.3) is 5.56 Å². The molecule has 1 aromatic carbocycles. The Hall–Kier alpha value is -2.50. The summed E-state index contributed by atoms with van der Waals surface area (Å²) in [5, 5.41) is 1.92. The third-order valence-corrected chi connectivity index (χ3v) is 5.80. The van der Waals surface area contributed by atoms with E-state index in [1.54, 1.807) is 4.57 Å². The van der Waals surface area contributed by atoms with E-state index in [1.165, 1.54) is 22.5 Å². The van der Waals surface area contributed by atoms with Gasteiger partial charge >= 0.3 is 0 Å². The average Bonchev–Trinajstić information content (AvgIpc) is 3.36. The van der Waals surface area contributed by atoms with Crippen molar-refractivity contribution < 1.29 is 4.74 Å². The maximum absolute atomic E-state index is 12.3. The number of nitrogens with zero attached hydrogens (tertiary/aromatic N) is 2. The molecular formula is C31H48N2O2S. The number of rotatable bonds is 11. The summed E-state index contributed by atoms with van der Waals surface area (Å²) >= 11 is 1.47. The lowest BCUT2D eigenvalue weighted by molar-refractivity contribution is 0.130. The first kappa shape index (κ1) is 33.5. The van der Waals surface area contributed by atoms with Crippen molar-refractivity contribution in [3.8, 4) is 0 Å². The highest BCUT2D eigenvalue weighted by Gasteiger charge is 2.08. The van der Waals surface area contributed by atoms with Crippen LogP contribution in [-0.4, -0.2) is 22.8 Å². The molecule has 36 heavy (non-hydrogen) atoms. The van der Waals surface area contributed by atoms with E-state index in [2.05, 4.69) is 56.3 Å². The van der Waals surface area contributed by atoms with Crippen LogP contribution in [0, 0.1) is 6.92 Å². The van der Waals surface area contributed by atoms with Gasteiger partial charge < -0.3 is 4.74 Å². The zero-order valence-corrected chi connectivity index (χ0v) is 24.3. The molecule has 0 unspecified atom stereocenters. The molecule has 0 bridgehead atoms. The summed E-state index contributed by atoms with van der Waals surface area (Å²) in [6.45, 7) is 21.9. The number of benzene rings is 1. The van der Waals surface area contributed by atoms with Gasteiger partial charge in [0.1, 0.15) is 10.5 Å². The third-order valence-electron chi connectivity index (χ3n) is 4.91. The van der Waals surface area contributed by atoms with Crippen LogP contribution < -0.4 is 5.56 Å². The third kappa shape index (κ3) is 14.2. The maximum atomic E-state index is 12.3. The molecule has 0 saturated carbocycles. The van der Waals surface area contributed by atoms with Crippen molar-refractivity contribution in [3.63, 3.8) is 0 Å². The van der Waals surface area contributed by atoms with Crippen molar-refractivity contribution in [2.75, 3.05) is 13.2 Å². The van der Waals surface area contributed by atoms with Gasteiger partial charge in [0.05, 0.1) is 5.52 Å². The molecule has 3 rings (SSSR count). The van der Waals surface area contributed by atoms with Crippen LogP contribution in [0.25, 0.3) is 10.2 Å². The Morgan fingerprint density at radius 2 is 1.75 bits per heavy atom. The molecule has 0 atom stereocenters. The summed E-state index contributed by atoms with van der Waals surface area (Å²) in [6, 6.07) is 12.3. The lowest BCUT2D eigenvalue weighted by Crippen LogP contribution is -2.23. The minimum atomic E-state index is 0.102. The van der Waals surface area contributed by atoms with Gasteiger partial charge in [-0.2, -0.15) is 0 Å². The van der Waals surface area contributed by atoms with Gasteiger partial charge in [0, 0.05) is 19.8 Å². The SMILES string of the molecule is C=C(C)Cc1ccccc1.C=CCC.CC.CCCOCCCCCn1c(C)nc2ccsc2c1=O. The molecule has 2 heterocycles. The molecule has 0 radical (unpaired) electrons. The Kier molecular flexibility index (Phi) is 20.2. The van der Waals surface area contributed by atoms with E-state index < -0.39 is 0 Å². The number of aryl methyl sites for hydroxylation is 1. The van der Waals surface area contributed by atoms with Crippen molar-refractivity contribution in [3.05, 3.63) is 88.3 Å². The van der Waals surface area contributed by atoms with Crippen LogP contribution in [0.1, 0.15) is 78.1 Å². The second-order valence-corrected chi connectivity index (χ2v) is 9.16. The van der Waals surface area contributed by atoms with E-state index >= 15 is 0 Å². The fourth-order valence-electron chi connectivity index (χ4n) is 3.16. The number of ether oxygens (including phenoxy) is 1. The van der Waals surface area contributed by atoms with Crippen LogP contribution in [0.2, 0.25) is 0 Å². The topological polar surface area (TPSA) is 44.1 Å². The molecular weight excluding hydrogens is 464 g/mol. The van der Waals surface area contributed by atoms with Crippen LogP contribution in [-0.2, 0) is 17.7 Å². The van der Waals surface area contributed by atoms with Gasteiger partial charge in [-0.1, -0.05) is 76.3 Å². The molecule has 0 aliphatic rings. The first-order valence-corrected chi connectivity index (χ1v) is 14.1. The minimum Gasteiger partial charge on any atom is -0.381 e. The standard InChI is InChI=1S/C15H22N2O2S.C10H12.C4H8.C2H6/c1-3-9-19-10-6-4-5-8-17-12(2)16-13-7-11-20-14(13)15(17)18;1-9(2)8-10-6-4-3-5-7-10;1-3-4-2;1-2/h7,11H,3-6,8-10H2,1-2H3;3-7H,1,8H2,2H3;3H,1,4H2,2H3;1-2H3. The minimum absolute atomic E-state index is 0.102. The molecule has 3 aromatic rings. The average molecular weight is 513 g/mol. The van der Waals surface area contributed by atoms with E-state index in [4.69, 9.17) is 4.74 Å². The summed E-state index contributed by atoms with van der Waals surface area (Å²) in [5.41, 5.74) is 3.48. The van der Waals surface area contributed by atoms with E-state index in [1.807, 2.05) is 51.3 Å². The van der Waals surface area contributed by atoms with E-state index in [-0.39, 0.29) is 5.56 Å². The maximum Gasteiger partial charge on any atom is 0.271 e. The molecule has 0 aliphatic carbocycles. The van der Waals surface area contributed by atoms with Gasteiger partial charge in [-0.3, -0.25) is 9.36 Å². The van der Waals surface area contributed by atoms with Gasteiger partial charge in [-0.25, -0.2) is 4.98 Å². The molecule has 0 amide bonds. The van der Waals surface area contributed by atoms with Crippen molar-refractivity contribution in [1.29, 1.82) is 0 Å². The Morgan fingerprint density at radius 3 is 2.33 bits per heavy atom. The predicted molar refractivity (Wildman–Crippen MR) is 160 cm³/mol. The number of aromatic nitrogens is 2. The number of unbranched alkanes of at least 4 members (excludes halogenated alkanes) is 2. The summed E-state index contributed by atoms with van der Waals surface area (Å²) in [7, 11) is 0. The van der Waals surface area contributed by atoms with E-state index in [0.29, 0.717) is 0 Å². The highest BCUT2D eigenvalue weighted by molar-refractivity contribution is 7.17. The smallest absolute Gasteiger partial charge is 0.271 e. The number of fused-ring (bicyclic) bond motifs is 1. The van der Waals surface area contributed by atoms with E-state index in [9.17, 15) is 4.79 Å². The summed E-state index contributed by atoms with van der Waals surface area (Å²) < 4.78 is 8.01. The normalized spacial score (nSPS) is 9.72. The molecule has 0 fully saturated rings. The molecule has 2 aromatic heterocycles. The molecule has 0 aliphatic heterocycles. The van der Waals surface area contributed by atoms with Crippen LogP contribution in [0.15, 0.2) is 71.4 Å². The highest BCUT2D eigenvalue weighted by Crippen LogP contribution is 2.15. The second-order valence-electron chi connectivity index (χ2n) is 8.24. The number of hydrogen-bond donors (Lipinski definition) is 0. The Labute approximate surface area is 223 Å². The zero-order valence-electron chi connectivity index (χ0n) is 23.5. The Balaban J connectivity index is 0.000000637. The van der Waals surface area contributed by atoms with Crippen molar-refractivity contribution in [2.45, 2.75) is 86.6 Å². The fraction of sp³-hybridized carbons (Fsp3) is 0.484. The quantitative estimate of drug-likeness (QED) is 0.190. The van der Waals surface area contributed by atoms with Crippen LogP contribution in [0.5, 0.6) is 0 Å². The van der Waals surface area contributed by atoms with Crippen molar-refractivity contribution in [2.24, 2.45) is 0 Å². The number of allylic oxidation sites excluding steroid dienone is 2. The summed E-state index contributed by atoms with van der Waals surface area (Å²) in [6.07, 6.45) is 8.16. The molecule has 200 valence electrons. The number of thiophene rings is 1. The van der Waals surface area contributed by atoms with E-state index in [0.717, 1.165) is 74.3 Å². The van der Waals surface area contributed by atoms with Gasteiger partial charge in [0.2, 0.25) is 0 Å². The van der Waals surface area contributed by atoms with Gasteiger partial charge in [-0.05, 0) is 69.4 Å². The van der Waals surface area contributed by atoms with Crippen LogP contribution >= 0.6 is 11.3 Å². The number of hydrogen-bond acceptors (Lipinski definition) is 4. The first-order valence-electron chi connectivity index (χ1n) is 13.3. The molecule has 0 spiro atoms. The summed E-state index contributed by atoms with van der Waals surface area (Å²) in [4.78, 5) is 16.8. The van der Waals surface area contributed by atoms with Crippen LogP contribution in [0.3, 0.4) is 0 Å².